The fraction of sp³-hybridized carbons (Fsp3) is 0.294. The van der Waals surface area contributed by atoms with Crippen molar-refractivity contribution in [1.29, 1.82) is 0 Å². The van der Waals surface area contributed by atoms with Gasteiger partial charge in [-0.1, -0.05) is 41.4 Å². The van der Waals surface area contributed by atoms with Gasteiger partial charge in [0.1, 0.15) is 5.82 Å². The highest BCUT2D eigenvalue weighted by Crippen LogP contribution is 2.34. The van der Waals surface area contributed by atoms with Crippen molar-refractivity contribution in [3.8, 4) is 5.75 Å². The van der Waals surface area contributed by atoms with Crippen molar-refractivity contribution in [1.82, 2.24) is 5.32 Å². The van der Waals surface area contributed by atoms with E-state index in [-0.39, 0.29) is 5.82 Å². The van der Waals surface area contributed by atoms with Crippen molar-refractivity contribution in [2.75, 3.05) is 13.2 Å². The SMILES string of the molecule is CCOc1c(Cl)cc(CNCCc2ccccc2F)cc1Cl. The summed E-state index contributed by atoms with van der Waals surface area (Å²) in [4.78, 5) is 0. The first-order chi connectivity index (χ1) is 10.6. The van der Waals surface area contributed by atoms with Crippen LogP contribution in [0, 0.1) is 5.82 Å². The Hall–Kier alpha value is -1.29. The van der Waals surface area contributed by atoms with Gasteiger partial charge in [0, 0.05) is 6.54 Å². The number of hydrogen-bond donors (Lipinski definition) is 1. The maximum atomic E-state index is 13.5. The predicted molar refractivity (Wildman–Crippen MR) is 89.4 cm³/mol. The van der Waals surface area contributed by atoms with Crippen LogP contribution < -0.4 is 10.1 Å². The summed E-state index contributed by atoms with van der Waals surface area (Å²) in [6.07, 6.45) is 0.630. The predicted octanol–water partition coefficient (Wildman–Crippen LogP) is 4.86. The molecule has 2 aromatic carbocycles. The van der Waals surface area contributed by atoms with Crippen LogP contribution in [0.5, 0.6) is 5.75 Å². The largest absolute Gasteiger partial charge is 0.491 e. The van der Waals surface area contributed by atoms with Gasteiger partial charge in [-0.05, 0) is 49.2 Å². The van der Waals surface area contributed by atoms with Crippen LogP contribution in [0.15, 0.2) is 36.4 Å². The van der Waals surface area contributed by atoms with Crippen molar-refractivity contribution in [2.24, 2.45) is 0 Å². The quantitative estimate of drug-likeness (QED) is 0.726. The fourth-order valence-electron chi connectivity index (χ4n) is 2.15. The molecule has 0 fully saturated rings. The van der Waals surface area contributed by atoms with E-state index in [0.29, 0.717) is 47.5 Å². The number of hydrogen-bond acceptors (Lipinski definition) is 2. The van der Waals surface area contributed by atoms with E-state index in [4.69, 9.17) is 27.9 Å². The summed E-state index contributed by atoms with van der Waals surface area (Å²) in [7, 11) is 0. The highest BCUT2D eigenvalue weighted by atomic mass is 35.5. The maximum Gasteiger partial charge on any atom is 0.156 e. The minimum Gasteiger partial charge on any atom is -0.491 e. The molecule has 0 aliphatic heterocycles. The minimum atomic E-state index is -0.170. The second-order valence-electron chi connectivity index (χ2n) is 4.84. The molecule has 118 valence electrons. The lowest BCUT2D eigenvalue weighted by Crippen LogP contribution is -2.17. The topological polar surface area (TPSA) is 21.3 Å². The molecule has 0 unspecified atom stereocenters. The van der Waals surface area contributed by atoms with Crippen LogP contribution in [0.3, 0.4) is 0 Å². The first-order valence-electron chi connectivity index (χ1n) is 7.16. The molecule has 0 atom stereocenters. The zero-order valence-electron chi connectivity index (χ0n) is 12.3. The molecule has 0 spiro atoms. The summed E-state index contributed by atoms with van der Waals surface area (Å²) in [6, 6.07) is 10.5. The van der Waals surface area contributed by atoms with Crippen molar-refractivity contribution in [3.63, 3.8) is 0 Å². The average Bonchev–Trinajstić information content (AvgIpc) is 2.49. The third kappa shape index (κ3) is 4.60. The van der Waals surface area contributed by atoms with Crippen LogP contribution in [-0.2, 0) is 13.0 Å². The van der Waals surface area contributed by atoms with E-state index in [9.17, 15) is 4.39 Å². The minimum absolute atomic E-state index is 0.170. The number of ether oxygens (including phenoxy) is 1. The number of rotatable bonds is 7. The summed E-state index contributed by atoms with van der Waals surface area (Å²) >= 11 is 12.3. The van der Waals surface area contributed by atoms with Gasteiger partial charge in [0.25, 0.3) is 0 Å². The first kappa shape index (κ1) is 17.1. The summed E-state index contributed by atoms with van der Waals surface area (Å²) < 4.78 is 18.9. The van der Waals surface area contributed by atoms with Crippen LogP contribution in [0.1, 0.15) is 18.1 Å². The Morgan fingerprint density at radius 2 is 1.82 bits per heavy atom. The lowest BCUT2D eigenvalue weighted by Gasteiger charge is -2.11. The number of benzene rings is 2. The molecule has 0 aromatic heterocycles. The molecular weight excluding hydrogens is 324 g/mol. The second-order valence-corrected chi connectivity index (χ2v) is 5.65. The lowest BCUT2D eigenvalue weighted by atomic mass is 10.1. The third-order valence-electron chi connectivity index (χ3n) is 3.20. The van der Waals surface area contributed by atoms with Crippen LogP contribution in [0.2, 0.25) is 10.0 Å². The van der Waals surface area contributed by atoms with Gasteiger partial charge in [-0.25, -0.2) is 4.39 Å². The van der Waals surface area contributed by atoms with Crippen molar-refractivity contribution >= 4 is 23.2 Å². The van der Waals surface area contributed by atoms with Gasteiger partial charge in [0.05, 0.1) is 16.7 Å². The summed E-state index contributed by atoms with van der Waals surface area (Å²) in [5.41, 5.74) is 1.67. The van der Waals surface area contributed by atoms with Gasteiger partial charge in [0.15, 0.2) is 5.75 Å². The smallest absolute Gasteiger partial charge is 0.156 e. The molecule has 2 aromatic rings. The molecule has 0 saturated carbocycles. The van der Waals surface area contributed by atoms with E-state index < -0.39 is 0 Å². The molecule has 0 amide bonds. The molecule has 1 N–H and O–H groups in total. The molecular formula is C17H18Cl2FNO. The molecule has 0 radical (unpaired) electrons. The number of nitrogens with one attached hydrogen (secondary N) is 1. The van der Waals surface area contributed by atoms with Crippen LogP contribution in [-0.4, -0.2) is 13.2 Å². The molecule has 0 heterocycles. The first-order valence-corrected chi connectivity index (χ1v) is 7.92. The van der Waals surface area contributed by atoms with Crippen molar-refractivity contribution in [2.45, 2.75) is 19.9 Å². The lowest BCUT2D eigenvalue weighted by molar-refractivity contribution is 0.340. The molecule has 0 aliphatic rings. The van der Waals surface area contributed by atoms with Crippen molar-refractivity contribution in [3.05, 3.63) is 63.4 Å². The molecule has 5 heteroatoms. The Balaban J connectivity index is 1.88. The van der Waals surface area contributed by atoms with Gasteiger partial charge >= 0.3 is 0 Å². The molecule has 0 bridgehead atoms. The van der Waals surface area contributed by atoms with Gasteiger partial charge in [-0.2, -0.15) is 0 Å². The standard InChI is InChI=1S/C17H18Cl2FNO/c1-2-22-17-14(18)9-12(10-15(17)19)11-21-8-7-13-5-3-4-6-16(13)20/h3-6,9-10,21H,2,7-8,11H2,1H3. The van der Waals surface area contributed by atoms with E-state index in [0.717, 1.165) is 5.56 Å². The van der Waals surface area contributed by atoms with Crippen LogP contribution in [0.25, 0.3) is 0 Å². The van der Waals surface area contributed by atoms with Crippen LogP contribution in [0.4, 0.5) is 4.39 Å². The van der Waals surface area contributed by atoms with E-state index in [1.54, 1.807) is 12.1 Å². The molecule has 2 rings (SSSR count). The van der Waals surface area contributed by atoms with E-state index >= 15 is 0 Å². The van der Waals surface area contributed by atoms with Gasteiger partial charge < -0.3 is 10.1 Å². The molecule has 0 aliphatic carbocycles. The number of halogens is 3. The Labute approximate surface area is 140 Å². The Morgan fingerprint density at radius 1 is 1.14 bits per heavy atom. The maximum absolute atomic E-state index is 13.5. The second kappa shape index (κ2) is 8.37. The van der Waals surface area contributed by atoms with E-state index in [1.165, 1.54) is 6.07 Å². The summed E-state index contributed by atoms with van der Waals surface area (Å²) in [5, 5.41) is 4.26. The monoisotopic (exact) mass is 341 g/mol. The highest BCUT2D eigenvalue weighted by Gasteiger charge is 2.09. The van der Waals surface area contributed by atoms with Gasteiger partial charge in [-0.3, -0.25) is 0 Å². The highest BCUT2D eigenvalue weighted by molar-refractivity contribution is 6.37. The van der Waals surface area contributed by atoms with Crippen LogP contribution >= 0.6 is 23.2 Å². The Bertz CT molecular complexity index is 611. The van der Waals surface area contributed by atoms with Gasteiger partial charge in [0.2, 0.25) is 0 Å². The molecule has 22 heavy (non-hydrogen) atoms. The van der Waals surface area contributed by atoms with Crippen molar-refractivity contribution < 1.29 is 9.13 Å². The summed E-state index contributed by atoms with van der Waals surface area (Å²) in [6.45, 7) is 3.67. The zero-order chi connectivity index (χ0) is 15.9. The Kier molecular flexibility index (Phi) is 6.49. The average molecular weight is 342 g/mol. The molecule has 2 nitrogen and oxygen atoms in total. The van der Waals surface area contributed by atoms with E-state index in [2.05, 4.69) is 5.32 Å². The zero-order valence-corrected chi connectivity index (χ0v) is 13.8. The normalized spacial score (nSPS) is 10.7. The van der Waals surface area contributed by atoms with E-state index in [1.807, 2.05) is 25.1 Å². The van der Waals surface area contributed by atoms with Gasteiger partial charge in [-0.15, -0.1) is 0 Å². The Morgan fingerprint density at radius 3 is 2.45 bits per heavy atom. The summed E-state index contributed by atoms with van der Waals surface area (Å²) in [5.74, 6) is 0.345. The third-order valence-corrected chi connectivity index (χ3v) is 3.77. The fourth-order valence-corrected chi connectivity index (χ4v) is 2.79. The molecule has 0 saturated heterocycles.